The van der Waals surface area contributed by atoms with E-state index < -0.39 is 0 Å². The largest absolute Gasteiger partial charge is 0.368 e. The summed E-state index contributed by atoms with van der Waals surface area (Å²) in [6.07, 6.45) is 2.78. The van der Waals surface area contributed by atoms with E-state index in [2.05, 4.69) is 27.0 Å². The Morgan fingerprint density at radius 3 is 2.71 bits per heavy atom. The van der Waals surface area contributed by atoms with Crippen LogP contribution in [-0.2, 0) is 13.5 Å². The summed E-state index contributed by atoms with van der Waals surface area (Å²) in [5, 5.41) is 4.98. The number of aryl methyl sites for hydroxylation is 2. The van der Waals surface area contributed by atoms with Crippen molar-refractivity contribution in [3.05, 3.63) is 11.8 Å². The maximum absolute atomic E-state index is 5.66. The van der Waals surface area contributed by atoms with Gasteiger partial charge >= 0.3 is 0 Å². The van der Waals surface area contributed by atoms with Crippen LogP contribution in [0.3, 0.4) is 0 Å². The van der Waals surface area contributed by atoms with Crippen LogP contribution in [0.25, 0.3) is 11.5 Å². The van der Waals surface area contributed by atoms with Crippen LogP contribution in [0.4, 0.5) is 5.95 Å². The second-order valence-electron chi connectivity index (χ2n) is 3.50. The van der Waals surface area contributed by atoms with Gasteiger partial charge < -0.3 is 5.73 Å². The molecule has 0 aliphatic rings. The summed E-state index contributed by atoms with van der Waals surface area (Å²) < 4.78 is 1.76. The number of nitrogens with two attached hydrogens (primary N) is 1. The lowest BCUT2D eigenvalue weighted by atomic mass is 10.3. The molecule has 2 heterocycles. The fourth-order valence-electron chi connectivity index (χ4n) is 1.49. The lowest BCUT2D eigenvalue weighted by Crippen LogP contribution is -2.04. The Morgan fingerprint density at radius 1 is 1.35 bits per heavy atom. The Hall–Kier alpha value is -1.63. The summed E-state index contributed by atoms with van der Waals surface area (Å²) in [6.45, 7) is 2.06. The first-order valence-corrected chi connectivity index (χ1v) is 6.45. The first-order chi connectivity index (χ1) is 8.13. The van der Waals surface area contributed by atoms with Gasteiger partial charge in [-0.3, -0.25) is 4.68 Å². The van der Waals surface area contributed by atoms with Crippen LogP contribution in [0.2, 0.25) is 0 Å². The summed E-state index contributed by atoms with van der Waals surface area (Å²) in [4.78, 5) is 12.5. The Labute approximate surface area is 104 Å². The molecule has 2 aromatic heterocycles. The van der Waals surface area contributed by atoms with E-state index in [0.717, 1.165) is 17.8 Å². The minimum absolute atomic E-state index is 0.235. The zero-order valence-electron chi connectivity index (χ0n) is 10.0. The minimum atomic E-state index is 0.235. The molecule has 17 heavy (non-hydrogen) atoms. The molecule has 0 fully saturated rings. The van der Waals surface area contributed by atoms with Crippen molar-refractivity contribution < 1.29 is 0 Å². The second-order valence-corrected chi connectivity index (χ2v) is 4.28. The molecule has 0 unspecified atom stereocenters. The van der Waals surface area contributed by atoms with Crippen molar-refractivity contribution in [2.45, 2.75) is 18.5 Å². The zero-order chi connectivity index (χ0) is 12.4. The number of aromatic nitrogens is 5. The quantitative estimate of drug-likeness (QED) is 0.822. The van der Waals surface area contributed by atoms with Gasteiger partial charge in [0.25, 0.3) is 0 Å². The van der Waals surface area contributed by atoms with Gasteiger partial charge in [-0.2, -0.15) is 15.1 Å². The topological polar surface area (TPSA) is 82.5 Å². The van der Waals surface area contributed by atoms with Crippen molar-refractivity contribution >= 4 is 17.7 Å². The lowest BCUT2D eigenvalue weighted by Gasteiger charge is -2.02. The van der Waals surface area contributed by atoms with Crippen molar-refractivity contribution in [3.63, 3.8) is 0 Å². The van der Waals surface area contributed by atoms with Crippen LogP contribution in [0.15, 0.2) is 11.2 Å². The van der Waals surface area contributed by atoms with Gasteiger partial charge in [-0.1, -0.05) is 18.7 Å². The van der Waals surface area contributed by atoms with E-state index in [1.54, 1.807) is 4.68 Å². The van der Waals surface area contributed by atoms with Gasteiger partial charge in [-0.25, -0.2) is 4.98 Å². The van der Waals surface area contributed by atoms with Gasteiger partial charge in [0.05, 0.1) is 5.69 Å². The van der Waals surface area contributed by atoms with E-state index in [9.17, 15) is 0 Å². The van der Waals surface area contributed by atoms with Crippen molar-refractivity contribution in [2.24, 2.45) is 7.05 Å². The molecule has 0 aromatic carbocycles. The highest BCUT2D eigenvalue weighted by Gasteiger charge is 2.11. The van der Waals surface area contributed by atoms with Gasteiger partial charge in [0, 0.05) is 7.05 Å². The van der Waals surface area contributed by atoms with Crippen molar-refractivity contribution in [1.29, 1.82) is 0 Å². The molecule has 6 nitrogen and oxygen atoms in total. The second kappa shape index (κ2) is 4.70. The average molecular weight is 250 g/mol. The van der Waals surface area contributed by atoms with Crippen molar-refractivity contribution in [1.82, 2.24) is 24.7 Å². The maximum atomic E-state index is 5.66. The highest BCUT2D eigenvalue weighted by atomic mass is 32.2. The molecule has 0 amide bonds. The number of hydrogen-bond donors (Lipinski definition) is 1. The number of anilines is 1. The van der Waals surface area contributed by atoms with Crippen LogP contribution >= 0.6 is 11.8 Å². The smallest absolute Gasteiger partial charge is 0.224 e. The molecule has 0 saturated carbocycles. The van der Waals surface area contributed by atoms with E-state index >= 15 is 0 Å². The van der Waals surface area contributed by atoms with Crippen molar-refractivity contribution in [3.8, 4) is 11.5 Å². The predicted molar refractivity (Wildman–Crippen MR) is 67.6 cm³/mol. The SMILES string of the molecule is CCc1cc(-c2nc(N)nc(SC)n2)n(C)n1. The summed E-state index contributed by atoms with van der Waals surface area (Å²) in [7, 11) is 1.87. The van der Waals surface area contributed by atoms with Gasteiger partial charge in [0.2, 0.25) is 5.95 Å². The number of thioether (sulfide) groups is 1. The molecule has 2 aromatic rings. The molecular weight excluding hydrogens is 236 g/mol. The van der Waals surface area contributed by atoms with Crippen LogP contribution in [0.5, 0.6) is 0 Å². The molecular formula is C10H14N6S. The van der Waals surface area contributed by atoms with Crippen LogP contribution in [0, 0.1) is 0 Å². The number of nitrogens with zero attached hydrogens (tertiary/aromatic N) is 5. The summed E-state index contributed by atoms with van der Waals surface area (Å²) in [6, 6.07) is 1.97. The first-order valence-electron chi connectivity index (χ1n) is 5.23. The minimum Gasteiger partial charge on any atom is -0.368 e. The average Bonchev–Trinajstić information content (AvgIpc) is 2.69. The molecule has 0 radical (unpaired) electrons. The maximum Gasteiger partial charge on any atom is 0.224 e. The van der Waals surface area contributed by atoms with Gasteiger partial charge in [0.15, 0.2) is 11.0 Å². The van der Waals surface area contributed by atoms with E-state index in [0.29, 0.717) is 11.0 Å². The fourth-order valence-corrected chi connectivity index (χ4v) is 1.85. The molecule has 0 atom stereocenters. The van der Waals surface area contributed by atoms with Crippen LogP contribution in [-0.4, -0.2) is 31.0 Å². The Balaban J connectivity index is 2.51. The first kappa shape index (κ1) is 11.8. The third-order valence-electron chi connectivity index (χ3n) is 2.34. The standard InChI is InChI=1S/C10H14N6S/c1-4-6-5-7(16(2)15-6)8-12-9(11)14-10(13-8)17-3/h5H,4H2,1-3H3,(H2,11,12,13,14). The summed E-state index contributed by atoms with van der Waals surface area (Å²) in [5.41, 5.74) is 7.52. The van der Waals surface area contributed by atoms with E-state index in [-0.39, 0.29) is 5.95 Å². The van der Waals surface area contributed by atoms with Gasteiger partial charge in [-0.15, -0.1) is 0 Å². The number of rotatable bonds is 3. The predicted octanol–water partition coefficient (Wildman–Crippen LogP) is 1.14. The molecule has 7 heteroatoms. The van der Waals surface area contributed by atoms with Gasteiger partial charge in [0.1, 0.15) is 5.69 Å². The normalized spacial score (nSPS) is 10.8. The van der Waals surface area contributed by atoms with E-state index in [1.807, 2.05) is 19.4 Å². The highest BCUT2D eigenvalue weighted by Crippen LogP contribution is 2.19. The molecule has 0 saturated heterocycles. The highest BCUT2D eigenvalue weighted by molar-refractivity contribution is 7.98. The molecule has 2 rings (SSSR count). The Kier molecular flexibility index (Phi) is 3.28. The fraction of sp³-hybridized carbons (Fsp3) is 0.400. The number of nitrogen functional groups attached to an aromatic ring is 1. The molecule has 90 valence electrons. The van der Waals surface area contributed by atoms with E-state index in [1.165, 1.54) is 11.8 Å². The van der Waals surface area contributed by atoms with Crippen molar-refractivity contribution in [2.75, 3.05) is 12.0 Å². The van der Waals surface area contributed by atoms with E-state index in [4.69, 9.17) is 5.73 Å². The zero-order valence-corrected chi connectivity index (χ0v) is 10.8. The summed E-state index contributed by atoms with van der Waals surface area (Å²) >= 11 is 1.44. The third-order valence-corrected chi connectivity index (χ3v) is 2.88. The molecule has 0 aliphatic heterocycles. The molecule has 0 aliphatic carbocycles. The van der Waals surface area contributed by atoms with Crippen LogP contribution in [0.1, 0.15) is 12.6 Å². The van der Waals surface area contributed by atoms with Gasteiger partial charge in [-0.05, 0) is 18.7 Å². The molecule has 0 bridgehead atoms. The Morgan fingerprint density at radius 2 is 2.12 bits per heavy atom. The lowest BCUT2D eigenvalue weighted by molar-refractivity contribution is 0.745. The molecule has 0 spiro atoms. The third kappa shape index (κ3) is 2.38. The van der Waals surface area contributed by atoms with Crippen LogP contribution < -0.4 is 5.73 Å². The summed E-state index contributed by atoms with van der Waals surface area (Å²) in [5.74, 6) is 0.801. The monoisotopic (exact) mass is 250 g/mol. The Bertz CT molecular complexity index is 536. The number of hydrogen-bond acceptors (Lipinski definition) is 6. The molecule has 2 N–H and O–H groups in total.